The average molecular weight is 282 g/mol. The van der Waals surface area contributed by atoms with Crippen molar-refractivity contribution in [2.24, 2.45) is 7.05 Å². The van der Waals surface area contributed by atoms with E-state index < -0.39 is 0 Å². The van der Waals surface area contributed by atoms with Crippen LogP contribution in [0.15, 0.2) is 12.4 Å². The van der Waals surface area contributed by atoms with Crippen molar-refractivity contribution in [1.29, 1.82) is 0 Å². The lowest BCUT2D eigenvalue weighted by Gasteiger charge is -2.16. The van der Waals surface area contributed by atoms with Gasteiger partial charge in [-0.25, -0.2) is 0 Å². The standard InChI is InChI=1S/C11H16ClN7/c1-4-13-10-15-9(12)16-11(17-10)18(2)6-8-5-14-19(3)7-8/h5,7H,4,6H2,1-3H3,(H,13,15,16,17). The molecule has 0 saturated carbocycles. The number of rotatable bonds is 5. The quantitative estimate of drug-likeness (QED) is 0.891. The zero-order valence-corrected chi connectivity index (χ0v) is 11.9. The normalized spacial score (nSPS) is 10.5. The maximum atomic E-state index is 5.89. The van der Waals surface area contributed by atoms with E-state index in [0.29, 0.717) is 18.4 Å². The summed E-state index contributed by atoms with van der Waals surface area (Å²) in [5, 5.41) is 7.33. The fourth-order valence-corrected chi connectivity index (χ4v) is 1.80. The van der Waals surface area contributed by atoms with Crippen LogP contribution in [0.5, 0.6) is 0 Å². The molecular formula is C11H16ClN7. The molecule has 0 atom stereocenters. The van der Waals surface area contributed by atoms with Crippen LogP contribution in [0.3, 0.4) is 0 Å². The van der Waals surface area contributed by atoms with Gasteiger partial charge in [0, 0.05) is 38.9 Å². The summed E-state index contributed by atoms with van der Waals surface area (Å²) in [6.07, 6.45) is 3.76. The molecule has 2 heterocycles. The summed E-state index contributed by atoms with van der Waals surface area (Å²) in [5.74, 6) is 1.01. The van der Waals surface area contributed by atoms with Gasteiger partial charge in [0.25, 0.3) is 0 Å². The van der Waals surface area contributed by atoms with Crippen molar-refractivity contribution in [2.45, 2.75) is 13.5 Å². The summed E-state index contributed by atoms with van der Waals surface area (Å²) in [4.78, 5) is 14.3. The molecule has 8 heteroatoms. The van der Waals surface area contributed by atoms with Crippen LogP contribution in [0.1, 0.15) is 12.5 Å². The molecule has 102 valence electrons. The highest BCUT2D eigenvalue weighted by Crippen LogP contribution is 2.14. The highest BCUT2D eigenvalue weighted by Gasteiger charge is 2.10. The Labute approximate surface area is 116 Å². The number of hydrogen-bond donors (Lipinski definition) is 1. The van der Waals surface area contributed by atoms with Crippen LogP contribution in [0.4, 0.5) is 11.9 Å². The summed E-state index contributed by atoms with van der Waals surface area (Å²) < 4.78 is 1.76. The van der Waals surface area contributed by atoms with Gasteiger partial charge in [0.2, 0.25) is 17.2 Å². The Morgan fingerprint density at radius 1 is 1.37 bits per heavy atom. The molecule has 2 aromatic rings. The molecule has 0 aromatic carbocycles. The first-order chi connectivity index (χ1) is 9.08. The highest BCUT2D eigenvalue weighted by molar-refractivity contribution is 6.28. The van der Waals surface area contributed by atoms with E-state index in [1.54, 1.807) is 4.68 Å². The topological polar surface area (TPSA) is 71.8 Å². The van der Waals surface area contributed by atoms with Gasteiger partial charge in [0.05, 0.1) is 6.20 Å². The Morgan fingerprint density at radius 2 is 2.16 bits per heavy atom. The third kappa shape index (κ3) is 3.54. The van der Waals surface area contributed by atoms with Crippen molar-refractivity contribution in [1.82, 2.24) is 24.7 Å². The minimum absolute atomic E-state index is 0.180. The Bertz CT molecular complexity index is 554. The predicted octanol–water partition coefficient (Wildman–Crippen LogP) is 1.33. The van der Waals surface area contributed by atoms with Gasteiger partial charge in [0.15, 0.2) is 0 Å². The monoisotopic (exact) mass is 281 g/mol. The molecule has 7 nitrogen and oxygen atoms in total. The summed E-state index contributed by atoms with van der Waals surface area (Å²) >= 11 is 5.89. The minimum Gasteiger partial charge on any atom is -0.354 e. The highest BCUT2D eigenvalue weighted by atomic mass is 35.5. The van der Waals surface area contributed by atoms with Crippen molar-refractivity contribution >= 4 is 23.5 Å². The second kappa shape index (κ2) is 5.83. The maximum absolute atomic E-state index is 5.89. The molecule has 0 radical (unpaired) electrons. The lowest BCUT2D eigenvalue weighted by Crippen LogP contribution is -2.20. The van der Waals surface area contributed by atoms with Gasteiger partial charge in [-0.3, -0.25) is 4.68 Å². The molecule has 0 fully saturated rings. The van der Waals surface area contributed by atoms with Gasteiger partial charge in [-0.2, -0.15) is 20.1 Å². The molecule has 0 spiro atoms. The number of aromatic nitrogens is 5. The smallest absolute Gasteiger partial charge is 0.231 e. The largest absolute Gasteiger partial charge is 0.354 e. The summed E-state index contributed by atoms with van der Waals surface area (Å²) in [7, 11) is 3.78. The number of anilines is 2. The van der Waals surface area contributed by atoms with E-state index in [-0.39, 0.29) is 5.28 Å². The van der Waals surface area contributed by atoms with Crippen molar-refractivity contribution in [3.05, 3.63) is 23.2 Å². The van der Waals surface area contributed by atoms with Crippen LogP contribution < -0.4 is 10.2 Å². The van der Waals surface area contributed by atoms with Crippen LogP contribution in [-0.2, 0) is 13.6 Å². The van der Waals surface area contributed by atoms with E-state index >= 15 is 0 Å². The Morgan fingerprint density at radius 3 is 2.79 bits per heavy atom. The van der Waals surface area contributed by atoms with Gasteiger partial charge in [-0.1, -0.05) is 0 Å². The van der Waals surface area contributed by atoms with Crippen molar-refractivity contribution in [3.8, 4) is 0 Å². The molecule has 0 aliphatic rings. The maximum Gasteiger partial charge on any atom is 0.231 e. The first-order valence-corrected chi connectivity index (χ1v) is 6.30. The van der Waals surface area contributed by atoms with E-state index in [4.69, 9.17) is 11.6 Å². The fourth-order valence-electron chi connectivity index (χ4n) is 1.65. The molecule has 19 heavy (non-hydrogen) atoms. The van der Waals surface area contributed by atoms with E-state index in [0.717, 1.165) is 12.1 Å². The summed E-state index contributed by atoms with van der Waals surface area (Å²) in [6.45, 7) is 3.35. The van der Waals surface area contributed by atoms with Gasteiger partial charge in [0.1, 0.15) is 0 Å². The number of nitrogens with zero attached hydrogens (tertiary/aromatic N) is 6. The summed E-state index contributed by atoms with van der Waals surface area (Å²) in [6, 6.07) is 0. The number of nitrogens with one attached hydrogen (secondary N) is 1. The Balaban J connectivity index is 2.15. The second-order valence-electron chi connectivity index (χ2n) is 4.14. The number of halogens is 1. The van der Waals surface area contributed by atoms with Crippen molar-refractivity contribution in [3.63, 3.8) is 0 Å². The zero-order chi connectivity index (χ0) is 13.8. The van der Waals surface area contributed by atoms with Crippen LogP contribution in [0.2, 0.25) is 5.28 Å². The number of aryl methyl sites for hydroxylation is 1. The molecule has 0 saturated heterocycles. The molecule has 0 unspecified atom stereocenters. The molecule has 1 N–H and O–H groups in total. The fraction of sp³-hybridized carbons (Fsp3) is 0.455. The van der Waals surface area contributed by atoms with Crippen molar-refractivity contribution < 1.29 is 0 Å². The van der Waals surface area contributed by atoms with E-state index in [1.807, 2.05) is 38.3 Å². The van der Waals surface area contributed by atoms with Gasteiger partial charge < -0.3 is 10.2 Å². The van der Waals surface area contributed by atoms with E-state index in [9.17, 15) is 0 Å². The molecule has 2 rings (SSSR count). The molecule has 2 aromatic heterocycles. The zero-order valence-electron chi connectivity index (χ0n) is 11.1. The predicted molar refractivity (Wildman–Crippen MR) is 74.3 cm³/mol. The molecule has 0 bridgehead atoms. The van der Waals surface area contributed by atoms with E-state index in [2.05, 4.69) is 25.4 Å². The second-order valence-corrected chi connectivity index (χ2v) is 4.47. The molecule has 0 amide bonds. The molecular weight excluding hydrogens is 266 g/mol. The first kappa shape index (κ1) is 13.5. The first-order valence-electron chi connectivity index (χ1n) is 5.92. The van der Waals surface area contributed by atoms with Crippen LogP contribution in [-0.4, -0.2) is 38.3 Å². The van der Waals surface area contributed by atoms with Crippen LogP contribution in [0.25, 0.3) is 0 Å². The average Bonchev–Trinajstić information content (AvgIpc) is 2.74. The number of hydrogen-bond acceptors (Lipinski definition) is 6. The van der Waals surface area contributed by atoms with Crippen LogP contribution >= 0.6 is 11.6 Å². The lowest BCUT2D eigenvalue weighted by atomic mass is 10.3. The molecule has 0 aliphatic heterocycles. The van der Waals surface area contributed by atoms with Gasteiger partial charge in [-0.05, 0) is 18.5 Å². The Hall–Kier alpha value is -1.89. The Kier molecular flexibility index (Phi) is 4.16. The van der Waals surface area contributed by atoms with E-state index in [1.165, 1.54) is 0 Å². The molecule has 0 aliphatic carbocycles. The minimum atomic E-state index is 0.180. The lowest BCUT2D eigenvalue weighted by molar-refractivity contribution is 0.766. The van der Waals surface area contributed by atoms with Gasteiger partial charge >= 0.3 is 0 Å². The van der Waals surface area contributed by atoms with Gasteiger partial charge in [-0.15, -0.1) is 0 Å². The third-order valence-electron chi connectivity index (χ3n) is 2.45. The summed E-state index contributed by atoms with van der Waals surface area (Å²) in [5.41, 5.74) is 1.08. The third-order valence-corrected chi connectivity index (χ3v) is 2.62. The SMILES string of the molecule is CCNc1nc(Cl)nc(N(C)Cc2cnn(C)c2)n1. The van der Waals surface area contributed by atoms with Crippen LogP contribution in [0, 0.1) is 0 Å². The van der Waals surface area contributed by atoms with Crippen molar-refractivity contribution in [2.75, 3.05) is 23.8 Å².